The smallest absolute Gasteiger partial charge is 0.274 e. The fourth-order valence-corrected chi connectivity index (χ4v) is 2.72. The van der Waals surface area contributed by atoms with Crippen LogP contribution in [0.3, 0.4) is 0 Å². The number of nitrogens with one attached hydrogen (secondary N) is 2. The lowest BCUT2D eigenvalue weighted by atomic mass is 10.2. The summed E-state index contributed by atoms with van der Waals surface area (Å²) in [7, 11) is 0. The van der Waals surface area contributed by atoms with Gasteiger partial charge < -0.3 is 20.1 Å². The molecular weight excluding hydrogens is 368 g/mol. The van der Waals surface area contributed by atoms with Gasteiger partial charge in [0.2, 0.25) is 0 Å². The number of rotatable bonds is 4. The maximum Gasteiger partial charge on any atom is 0.274 e. The van der Waals surface area contributed by atoms with Crippen molar-refractivity contribution >= 4 is 23.0 Å². The van der Waals surface area contributed by atoms with Gasteiger partial charge in [0.05, 0.1) is 0 Å². The van der Waals surface area contributed by atoms with Gasteiger partial charge in [-0.3, -0.25) is 9.78 Å². The summed E-state index contributed by atoms with van der Waals surface area (Å²) in [5.74, 6) is -1.16. The molecule has 1 amide bonds. The molecule has 2 N–H and O–H groups in total. The summed E-state index contributed by atoms with van der Waals surface area (Å²) in [5.41, 5.74) is 0.789. The molecule has 3 aromatic rings. The van der Waals surface area contributed by atoms with Gasteiger partial charge in [-0.05, 0) is 36.4 Å². The minimum atomic E-state index is -0.862. The van der Waals surface area contributed by atoms with E-state index in [2.05, 4.69) is 15.6 Å². The molecule has 1 aliphatic rings. The minimum absolute atomic E-state index is 0.00481. The zero-order valence-electron chi connectivity index (χ0n) is 14.5. The summed E-state index contributed by atoms with van der Waals surface area (Å²) in [6.07, 6.45) is 1.42. The van der Waals surface area contributed by atoms with Crippen molar-refractivity contribution in [3.63, 3.8) is 0 Å². The van der Waals surface area contributed by atoms with Crippen molar-refractivity contribution in [2.75, 3.05) is 23.8 Å². The van der Waals surface area contributed by atoms with Gasteiger partial charge in [-0.2, -0.15) is 0 Å². The largest absolute Gasteiger partial charge is 0.486 e. The maximum absolute atomic E-state index is 13.7. The van der Waals surface area contributed by atoms with Crippen molar-refractivity contribution < 1.29 is 23.0 Å². The van der Waals surface area contributed by atoms with Crippen molar-refractivity contribution in [3.8, 4) is 11.5 Å². The number of carbonyl (C=O) groups excluding carboxylic acids is 1. The van der Waals surface area contributed by atoms with Gasteiger partial charge in [-0.25, -0.2) is 8.78 Å². The van der Waals surface area contributed by atoms with Gasteiger partial charge in [-0.15, -0.1) is 0 Å². The molecule has 0 unspecified atom stereocenters. The van der Waals surface area contributed by atoms with Gasteiger partial charge in [0, 0.05) is 23.6 Å². The van der Waals surface area contributed by atoms with Gasteiger partial charge in [-0.1, -0.05) is 6.07 Å². The minimum Gasteiger partial charge on any atom is -0.486 e. The van der Waals surface area contributed by atoms with E-state index in [1.807, 2.05) is 6.07 Å². The molecule has 1 aromatic heterocycles. The van der Waals surface area contributed by atoms with Crippen LogP contribution in [-0.2, 0) is 0 Å². The van der Waals surface area contributed by atoms with Gasteiger partial charge in [0.15, 0.2) is 11.5 Å². The Morgan fingerprint density at radius 1 is 0.929 bits per heavy atom. The van der Waals surface area contributed by atoms with Gasteiger partial charge >= 0.3 is 0 Å². The highest BCUT2D eigenvalue weighted by Gasteiger charge is 2.15. The number of hydrogen-bond acceptors (Lipinski definition) is 5. The number of halogens is 2. The normalized spacial score (nSPS) is 12.4. The number of ether oxygens (including phenoxy) is 2. The predicted molar refractivity (Wildman–Crippen MR) is 99.3 cm³/mol. The van der Waals surface area contributed by atoms with Crippen LogP contribution in [0.25, 0.3) is 0 Å². The van der Waals surface area contributed by atoms with E-state index >= 15 is 0 Å². The van der Waals surface area contributed by atoms with Gasteiger partial charge in [0.1, 0.15) is 36.2 Å². The maximum atomic E-state index is 13.7. The first-order valence-corrected chi connectivity index (χ1v) is 8.48. The number of hydrogen-bond donors (Lipinski definition) is 2. The fraction of sp³-hybridized carbons (Fsp3) is 0.100. The van der Waals surface area contributed by atoms with Crippen molar-refractivity contribution in [2.24, 2.45) is 0 Å². The first-order valence-electron chi connectivity index (χ1n) is 8.48. The molecular formula is C20H15F2N3O3. The summed E-state index contributed by atoms with van der Waals surface area (Å²) in [6, 6.07) is 11.9. The third kappa shape index (κ3) is 3.71. The highest BCUT2D eigenvalue weighted by atomic mass is 19.1. The van der Waals surface area contributed by atoms with Crippen LogP contribution in [0.1, 0.15) is 10.5 Å². The van der Waals surface area contributed by atoms with E-state index < -0.39 is 23.2 Å². The quantitative estimate of drug-likeness (QED) is 0.709. The fourth-order valence-electron chi connectivity index (χ4n) is 2.72. The molecule has 28 heavy (non-hydrogen) atoms. The van der Waals surface area contributed by atoms with Crippen molar-refractivity contribution in [1.29, 1.82) is 0 Å². The van der Waals surface area contributed by atoms with E-state index in [9.17, 15) is 13.6 Å². The van der Waals surface area contributed by atoms with Gasteiger partial charge in [0.25, 0.3) is 5.91 Å². The Hall–Kier alpha value is -3.68. The number of para-hydroxylation sites is 1. The Balaban J connectivity index is 1.52. The number of benzene rings is 2. The Kier molecular flexibility index (Phi) is 4.76. The first kappa shape index (κ1) is 17.7. The SMILES string of the molecule is O=C(Nc1c(F)cccc1F)c1cc(Nc2ccc3c(c2)OCCO3)ccn1. The molecule has 2 heterocycles. The molecule has 0 aliphatic carbocycles. The molecule has 1 aliphatic heterocycles. The second kappa shape index (κ2) is 7.51. The van der Waals surface area contributed by atoms with Crippen LogP contribution in [-0.4, -0.2) is 24.1 Å². The van der Waals surface area contributed by atoms with Crippen LogP contribution in [0.2, 0.25) is 0 Å². The van der Waals surface area contributed by atoms with Crippen LogP contribution < -0.4 is 20.1 Å². The van der Waals surface area contributed by atoms with E-state index in [0.717, 1.165) is 17.8 Å². The molecule has 0 fully saturated rings. The van der Waals surface area contributed by atoms with E-state index in [-0.39, 0.29) is 5.69 Å². The number of pyridine rings is 1. The van der Waals surface area contributed by atoms with Crippen LogP contribution in [0.15, 0.2) is 54.7 Å². The monoisotopic (exact) mass is 383 g/mol. The van der Waals surface area contributed by atoms with Crippen molar-refractivity contribution in [2.45, 2.75) is 0 Å². The molecule has 0 spiro atoms. The highest BCUT2D eigenvalue weighted by molar-refractivity contribution is 6.03. The molecule has 0 saturated heterocycles. The molecule has 0 atom stereocenters. The third-order valence-electron chi connectivity index (χ3n) is 4.02. The average molecular weight is 383 g/mol. The lowest BCUT2D eigenvalue weighted by Crippen LogP contribution is -2.16. The Bertz CT molecular complexity index is 1020. The van der Waals surface area contributed by atoms with Crippen molar-refractivity contribution in [1.82, 2.24) is 4.98 Å². The molecule has 4 rings (SSSR count). The zero-order chi connectivity index (χ0) is 19.5. The lowest BCUT2D eigenvalue weighted by molar-refractivity contribution is 0.102. The molecule has 6 nitrogen and oxygen atoms in total. The van der Waals surface area contributed by atoms with E-state index in [0.29, 0.717) is 30.4 Å². The Morgan fingerprint density at radius 3 is 2.43 bits per heavy atom. The second-order valence-corrected chi connectivity index (χ2v) is 5.96. The standard InChI is InChI=1S/C20H15F2N3O3/c21-14-2-1-3-15(22)19(14)25-20(26)16-10-13(6-7-23-16)24-12-4-5-17-18(11-12)28-9-8-27-17/h1-7,10-11H,8-9H2,(H,23,24)(H,25,26). The average Bonchev–Trinajstić information content (AvgIpc) is 2.71. The molecule has 142 valence electrons. The lowest BCUT2D eigenvalue weighted by Gasteiger charge is -2.19. The molecule has 0 bridgehead atoms. The third-order valence-corrected chi connectivity index (χ3v) is 4.02. The zero-order valence-corrected chi connectivity index (χ0v) is 14.5. The summed E-state index contributed by atoms with van der Waals surface area (Å²) >= 11 is 0. The Morgan fingerprint density at radius 2 is 1.64 bits per heavy atom. The summed E-state index contributed by atoms with van der Waals surface area (Å²) in [4.78, 5) is 16.3. The number of carbonyl (C=O) groups is 1. The Labute approximate surface area is 159 Å². The molecule has 0 saturated carbocycles. The number of amides is 1. The number of nitrogens with zero attached hydrogens (tertiary/aromatic N) is 1. The van der Waals surface area contributed by atoms with Crippen LogP contribution in [0.4, 0.5) is 25.8 Å². The summed E-state index contributed by atoms with van der Waals surface area (Å²) in [5, 5.41) is 5.34. The molecule has 2 aromatic carbocycles. The van der Waals surface area contributed by atoms with Crippen molar-refractivity contribution in [3.05, 3.63) is 72.1 Å². The van der Waals surface area contributed by atoms with Crippen LogP contribution >= 0.6 is 0 Å². The predicted octanol–water partition coefficient (Wildman–Crippen LogP) is 4.13. The van der Waals surface area contributed by atoms with E-state index in [1.54, 1.807) is 18.2 Å². The number of aromatic nitrogens is 1. The topological polar surface area (TPSA) is 72.5 Å². The second-order valence-electron chi connectivity index (χ2n) is 5.96. The highest BCUT2D eigenvalue weighted by Crippen LogP contribution is 2.33. The number of fused-ring (bicyclic) bond motifs is 1. The summed E-state index contributed by atoms with van der Waals surface area (Å²) < 4.78 is 38.5. The van der Waals surface area contributed by atoms with Crippen LogP contribution in [0, 0.1) is 11.6 Å². The van der Waals surface area contributed by atoms with E-state index in [4.69, 9.17) is 9.47 Å². The summed E-state index contributed by atoms with van der Waals surface area (Å²) in [6.45, 7) is 0.980. The first-order chi connectivity index (χ1) is 13.6. The molecule has 8 heteroatoms. The van der Waals surface area contributed by atoms with E-state index in [1.165, 1.54) is 18.3 Å². The molecule has 0 radical (unpaired) electrons. The van der Waals surface area contributed by atoms with Crippen LogP contribution in [0.5, 0.6) is 11.5 Å². The number of anilines is 3.